The van der Waals surface area contributed by atoms with Crippen molar-refractivity contribution in [1.29, 1.82) is 0 Å². The van der Waals surface area contributed by atoms with Crippen LogP contribution in [0.2, 0.25) is 5.15 Å². The highest BCUT2D eigenvalue weighted by molar-refractivity contribution is 6.29. The average Bonchev–Trinajstić information content (AvgIpc) is 2.70. The monoisotopic (exact) mass is 280 g/mol. The second kappa shape index (κ2) is 6.04. The van der Waals surface area contributed by atoms with Crippen molar-refractivity contribution >= 4 is 11.6 Å². The van der Waals surface area contributed by atoms with Crippen LogP contribution in [0.25, 0.3) is 0 Å². The van der Waals surface area contributed by atoms with E-state index in [0.29, 0.717) is 18.3 Å². The Morgan fingerprint density at radius 1 is 1.42 bits per heavy atom. The molecule has 0 aliphatic rings. The summed E-state index contributed by atoms with van der Waals surface area (Å²) >= 11 is 5.94. The number of hydrogen-bond donors (Lipinski definition) is 1. The lowest BCUT2D eigenvalue weighted by Gasteiger charge is -2.11. The van der Waals surface area contributed by atoms with Crippen molar-refractivity contribution < 1.29 is 4.74 Å². The van der Waals surface area contributed by atoms with E-state index in [1.165, 1.54) is 0 Å². The van der Waals surface area contributed by atoms with Crippen molar-refractivity contribution in [3.63, 3.8) is 0 Å². The molecule has 0 radical (unpaired) electrons. The Morgan fingerprint density at radius 2 is 2.21 bits per heavy atom. The average molecular weight is 281 g/mol. The van der Waals surface area contributed by atoms with Crippen molar-refractivity contribution in [3.05, 3.63) is 40.7 Å². The summed E-state index contributed by atoms with van der Waals surface area (Å²) in [5.41, 5.74) is 1.86. The zero-order valence-corrected chi connectivity index (χ0v) is 12.0. The molecule has 2 heterocycles. The summed E-state index contributed by atoms with van der Waals surface area (Å²) in [7, 11) is 3.74. The maximum Gasteiger partial charge on any atom is 0.147 e. The Hall–Kier alpha value is -1.59. The zero-order chi connectivity index (χ0) is 13.8. The van der Waals surface area contributed by atoms with Gasteiger partial charge in [-0.25, -0.2) is 4.98 Å². The lowest BCUT2D eigenvalue weighted by Crippen LogP contribution is -2.11. The standard InChI is InChI=1S/C13H17ClN4O/c1-9-4-5-11(10(17-9)6-15-2)19-8-13-16-7-12(14)18(13)3/h4-5,7,15H,6,8H2,1-3H3. The maximum absolute atomic E-state index is 5.94. The molecule has 6 heteroatoms. The van der Waals surface area contributed by atoms with Gasteiger partial charge in [-0.15, -0.1) is 0 Å². The number of rotatable bonds is 5. The highest BCUT2D eigenvalue weighted by Gasteiger charge is 2.09. The van der Waals surface area contributed by atoms with Crippen LogP contribution in [0.3, 0.4) is 0 Å². The first-order valence-corrected chi connectivity index (χ1v) is 6.39. The summed E-state index contributed by atoms with van der Waals surface area (Å²) in [5, 5.41) is 3.67. The van der Waals surface area contributed by atoms with Gasteiger partial charge in [0, 0.05) is 19.3 Å². The van der Waals surface area contributed by atoms with Gasteiger partial charge in [0.2, 0.25) is 0 Å². The molecule has 0 bridgehead atoms. The molecule has 2 rings (SSSR count). The van der Waals surface area contributed by atoms with E-state index in [0.717, 1.165) is 23.0 Å². The number of aromatic nitrogens is 3. The quantitative estimate of drug-likeness (QED) is 0.911. The molecule has 0 unspecified atom stereocenters. The lowest BCUT2D eigenvalue weighted by atomic mass is 10.3. The smallest absolute Gasteiger partial charge is 0.147 e. The van der Waals surface area contributed by atoms with Gasteiger partial charge in [0.1, 0.15) is 23.3 Å². The van der Waals surface area contributed by atoms with Gasteiger partial charge in [0.15, 0.2) is 0 Å². The first-order chi connectivity index (χ1) is 9.11. The number of imidazole rings is 1. The SMILES string of the molecule is CNCc1nc(C)ccc1OCc1ncc(Cl)n1C. The molecule has 0 aromatic carbocycles. The van der Waals surface area contributed by atoms with E-state index < -0.39 is 0 Å². The first kappa shape index (κ1) is 13.8. The second-order valence-corrected chi connectivity index (χ2v) is 4.66. The lowest BCUT2D eigenvalue weighted by molar-refractivity contribution is 0.286. The molecule has 0 aliphatic heterocycles. The van der Waals surface area contributed by atoms with Crippen molar-refractivity contribution in [1.82, 2.24) is 19.9 Å². The minimum atomic E-state index is 0.366. The molecular formula is C13H17ClN4O. The minimum Gasteiger partial charge on any atom is -0.484 e. The Kier molecular flexibility index (Phi) is 4.39. The molecule has 0 atom stereocenters. The maximum atomic E-state index is 5.94. The summed E-state index contributed by atoms with van der Waals surface area (Å²) < 4.78 is 7.57. The van der Waals surface area contributed by atoms with Crippen molar-refractivity contribution in [2.24, 2.45) is 7.05 Å². The fourth-order valence-corrected chi connectivity index (χ4v) is 1.87. The second-order valence-electron chi connectivity index (χ2n) is 4.27. The normalized spacial score (nSPS) is 10.7. The van der Waals surface area contributed by atoms with Crippen molar-refractivity contribution in [3.8, 4) is 5.75 Å². The molecule has 2 aromatic heterocycles. The molecule has 2 aromatic rings. The predicted molar refractivity (Wildman–Crippen MR) is 74.3 cm³/mol. The molecule has 0 spiro atoms. The Morgan fingerprint density at radius 3 is 2.84 bits per heavy atom. The fraction of sp³-hybridized carbons (Fsp3) is 0.385. The molecule has 0 saturated carbocycles. The third-order valence-corrected chi connectivity index (χ3v) is 3.15. The molecule has 0 fully saturated rings. The highest BCUT2D eigenvalue weighted by atomic mass is 35.5. The number of halogens is 1. The van der Waals surface area contributed by atoms with E-state index in [9.17, 15) is 0 Å². The topological polar surface area (TPSA) is 52.0 Å². The number of nitrogens with zero attached hydrogens (tertiary/aromatic N) is 3. The van der Waals surface area contributed by atoms with E-state index in [-0.39, 0.29) is 0 Å². The zero-order valence-electron chi connectivity index (χ0n) is 11.3. The highest BCUT2D eigenvalue weighted by Crippen LogP contribution is 2.19. The van der Waals surface area contributed by atoms with Crippen LogP contribution >= 0.6 is 11.6 Å². The van der Waals surface area contributed by atoms with Gasteiger partial charge < -0.3 is 14.6 Å². The predicted octanol–water partition coefficient (Wildman–Crippen LogP) is 2.08. The van der Waals surface area contributed by atoms with Crippen LogP contribution in [-0.4, -0.2) is 21.6 Å². The van der Waals surface area contributed by atoms with Crippen LogP contribution < -0.4 is 10.1 Å². The largest absolute Gasteiger partial charge is 0.484 e. The summed E-state index contributed by atoms with van der Waals surface area (Å²) in [5.74, 6) is 1.54. The molecule has 0 amide bonds. The van der Waals surface area contributed by atoms with E-state index in [2.05, 4.69) is 15.3 Å². The van der Waals surface area contributed by atoms with Crippen LogP contribution in [-0.2, 0) is 20.2 Å². The first-order valence-electron chi connectivity index (χ1n) is 6.02. The third-order valence-electron chi connectivity index (χ3n) is 2.80. The van der Waals surface area contributed by atoms with E-state index in [1.54, 1.807) is 10.8 Å². The summed E-state index contributed by atoms with van der Waals surface area (Å²) in [6, 6.07) is 3.86. The Labute approximate surface area is 117 Å². The number of pyridine rings is 1. The summed E-state index contributed by atoms with van der Waals surface area (Å²) in [6.45, 7) is 2.99. The van der Waals surface area contributed by atoms with Crippen LogP contribution in [0, 0.1) is 6.92 Å². The molecular weight excluding hydrogens is 264 g/mol. The molecule has 0 saturated heterocycles. The number of nitrogens with one attached hydrogen (secondary N) is 1. The van der Waals surface area contributed by atoms with Gasteiger partial charge >= 0.3 is 0 Å². The number of hydrogen-bond acceptors (Lipinski definition) is 4. The molecule has 19 heavy (non-hydrogen) atoms. The Balaban J connectivity index is 2.12. The summed E-state index contributed by atoms with van der Waals surface area (Å²) in [6.07, 6.45) is 1.61. The Bertz CT molecular complexity index is 568. The third kappa shape index (κ3) is 3.24. The van der Waals surface area contributed by atoms with Crippen LogP contribution in [0.1, 0.15) is 17.2 Å². The number of ether oxygens (including phenoxy) is 1. The van der Waals surface area contributed by atoms with Gasteiger partial charge in [0.25, 0.3) is 0 Å². The van der Waals surface area contributed by atoms with Gasteiger partial charge in [0.05, 0.1) is 11.9 Å². The van der Waals surface area contributed by atoms with Gasteiger partial charge in [-0.05, 0) is 26.1 Å². The van der Waals surface area contributed by atoms with E-state index in [1.807, 2.05) is 33.2 Å². The molecule has 1 N–H and O–H groups in total. The molecule has 5 nitrogen and oxygen atoms in total. The summed E-state index contributed by atoms with van der Waals surface area (Å²) in [4.78, 5) is 8.66. The fourth-order valence-electron chi connectivity index (χ4n) is 1.72. The van der Waals surface area contributed by atoms with Crippen LogP contribution in [0.5, 0.6) is 5.75 Å². The number of aryl methyl sites for hydroxylation is 1. The van der Waals surface area contributed by atoms with Gasteiger partial charge in [-0.3, -0.25) is 4.98 Å². The minimum absolute atomic E-state index is 0.366. The van der Waals surface area contributed by atoms with Gasteiger partial charge in [-0.2, -0.15) is 0 Å². The molecule has 102 valence electrons. The van der Waals surface area contributed by atoms with Gasteiger partial charge in [-0.1, -0.05) is 11.6 Å². The molecule has 0 aliphatic carbocycles. The van der Waals surface area contributed by atoms with E-state index in [4.69, 9.17) is 16.3 Å². The van der Waals surface area contributed by atoms with E-state index >= 15 is 0 Å². The van der Waals surface area contributed by atoms with Crippen molar-refractivity contribution in [2.45, 2.75) is 20.1 Å². The van der Waals surface area contributed by atoms with Crippen LogP contribution in [0.15, 0.2) is 18.3 Å². The van der Waals surface area contributed by atoms with Crippen LogP contribution in [0.4, 0.5) is 0 Å². The van der Waals surface area contributed by atoms with Crippen molar-refractivity contribution in [2.75, 3.05) is 7.05 Å².